The number of rotatable bonds is 3. The average Bonchev–Trinajstić information content (AvgIpc) is 2.64. The molecule has 1 aromatic rings. The van der Waals surface area contributed by atoms with Crippen molar-refractivity contribution in [1.29, 1.82) is 0 Å². The van der Waals surface area contributed by atoms with E-state index in [1.54, 1.807) is 6.07 Å². The largest absolute Gasteiger partial charge is 0.364 e. The molecule has 2 rings (SSSR count). The Morgan fingerprint density at radius 3 is 2.75 bits per heavy atom. The van der Waals surface area contributed by atoms with Gasteiger partial charge < -0.3 is 15.8 Å². The Balaban J connectivity index is 2.06. The van der Waals surface area contributed by atoms with Crippen molar-refractivity contribution < 1.29 is 14.3 Å². The zero-order valence-corrected chi connectivity index (χ0v) is 11.8. The van der Waals surface area contributed by atoms with Gasteiger partial charge in [-0.1, -0.05) is 6.92 Å². The number of anilines is 1. The standard InChI is InChI=1S/C14H19N3O3/c1-8-6-11(20-14(8,2)3)13(19)17-9-4-5-16-10(7-9)12(15)18/h4-5,7-8,11H,6H2,1-3H3,(H2,15,18)(H,16,17,19). The monoisotopic (exact) mass is 277 g/mol. The van der Waals surface area contributed by atoms with E-state index in [-0.39, 0.29) is 17.2 Å². The normalized spacial score (nSPS) is 24.4. The van der Waals surface area contributed by atoms with Crippen LogP contribution in [0.3, 0.4) is 0 Å². The van der Waals surface area contributed by atoms with Crippen molar-refractivity contribution in [1.82, 2.24) is 4.98 Å². The molecule has 0 spiro atoms. The molecule has 1 aliphatic rings. The van der Waals surface area contributed by atoms with Crippen molar-refractivity contribution in [3.05, 3.63) is 24.0 Å². The zero-order valence-electron chi connectivity index (χ0n) is 11.8. The minimum atomic E-state index is -0.632. The molecule has 3 N–H and O–H groups in total. The van der Waals surface area contributed by atoms with Gasteiger partial charge in [0.15, 0.2) is 0 Å². The van der Waals surface area contributed by atoms with Gasteiger partial charge in [-0.2, -0.15) is 0 Å². The van der Waals surface area contributed by atoms with Crippen LogP contribution in [0.4, 0.5) is 5.69 Å². The Labute approximate surface area is 117 Å². The van der Waals surface area contributed by atoms with E-state index in [1.807, 2.05) is 13.8 Å². The van der Waals surface area contributed by atoms with Crippen molar-refractivity contribution in [3.8, 4) is 0 Å². The third kappa shape index (κ3) is 2.96. The van der Waals surface area contributed by atoms with Crippen LogP contribution in [0.1, 0.15) is 37.7 Å². The molecule has 1 aromatic heterocycles. The summed E-state index contributed by atoms with van der Waals surface area (Å²) in [5, 5.41) is 2.73. The first-order chi connectivity index (χ1) is 9.29. The van der Waals surface area contributed by atoms with E-state index in [9.17, 15) is 9.59 Å². The molecule has 1 fully saturated rings. The molecule has 1 saturated heterocycles. The summed E-state index contributed by atoms with van der Waals surface area (Å²) in [6.45, 7) is 6.01. The van der Waals surface area contributed by atoms with Crippen molar-refractivity contribution >= 4 is 17.5 Å². The number of ether oxygens (including phenoxy) is 1. The van der Waals surface area contributed by atoms with Crippen LogP contribution in [0.25, 0.3) is 0 Å². The molecule has 2 heterocycles. The van der Waals surface area contributed by atoms with E-state index in [4.69, 9.17) is 10.5 Å². The molecule has 2 atom stereocenters. The fourth-order valence-corrected chi connectivity index (χ4v) is 2.16. The predicted molar refractivity (Wildman–Crippen MR) is 74.1 cm³/mol. The first-order valence-electron chi connectivity index (χ1n) is 6.54. The van der Waals surface area contributed by atoms with Crippen LogP contribution in [0.15, 0.2) is 18.3 Å². The fraction of sp³-hybridized carbons (Fsp3) is 0.500. The number of aromatic nitrogens is 1. The van der Waals surface area contributed by atoms with E-state index < -0.39 is 12.0 Å². The van der Waals surface area contributed by atoms with Gasteiger partial charge in [0.05, 0.1) is 5.60 Å². The number of primary amides is 1. The van der Waals surface area contributed by atoms with Gasteiger partial charge in [-0.3, -0.25) is 14.6 Å². The Bertz CT molecular complexity index is 542. The molecule has 6 nitrogen and oxygen atoms in total. The summed E-state index contributed by atoms with van der Waals surface area (Å²) in [5.41, 5.74) is 5.44. The smallest absolute Gasteiger partial charge is 0.267 e. The van der Waals surface area contributed by atoms with Crippen LogP contribution >= 0.6 is 0 Å². The number of hydrogen-bond donors (Lipinski definition) is 2. The minimum absolute atomic E-state index is 0.115. The van der Waals surface area contributed by atoms with Crippen LogP contribution < -0.4 is 11.1 Å². The maximum absolute atomic E-state index is 12.2. The number of nitrogens with one attached hydrogen (secondary N) is 1. The van der Waals surface area contributed by atoms with Gasteiger partial charge in [-0.15, -0.1) is 0 Å². The van der Waals surface area contributed by atoms with Gasteiger partial charge in [0.2, 0.25) is 0 Å². The van der Waals surface area contributed by atoms with Crippen LogP contribution in [0.5, 0.6) is 0 Å². The molecule has 6 heteroatoms. The summed E-state index contributed by atoms with van der Waals surface area (Å²) in [6, 6.07) is 3.05. The van der Waals surface area contributed by atoms with Crippen molar-refractivity contribution in [3.63, 3.8) is 0 Å². The Morgan fingerprint density at radius 1 is 1.50 bits per heavy atom. The van der Waals surface area contributed by atoms with E-state index in [1.165, 1.54) is 12.3 Å². The molecule has 1 aliphatic heterocycles. The van der Waals surface area contributed by atoms with Gasteiger partial charge in [-0.05, 0) is 38.3 Å². The molecule has 2 amide bonds. The number of hydrogen-bond acceptors (Lipinski definition) is 4. The van der Waals surface area contributed by atoms with Gasteiger partial charge in [0.25, 0.3) is 11.8 Å². The summed E-state index contributed by atoms with van der Waals surface area (Å²) in [5.74, 6) is -0.547. The molecular formula is C14H19N3O3. The molecule has 2 unspecified atom stereocenters. The SMILES string of the molecule is CC1CC(C(=O)Nc2ccnc(C(N)=O)c2)OC1(C)C. The van der Waals surface area contributed by atoms with Gasteiger partial charge >= 0.3 is 0 Å². The molecular weight excluding hydrogens is 258 g/mol. The molecule has 0 saturated carbocycles. The van der Waals surface area contributed by atoms with Gasteiger partial charge in [0.1, 0.15) is 11.8 Å². The number of pyridine rings is 1. The fourth-order valence-electron chi connectivity index (χ4n) is 2.16. The second-order valence-corrected chi connectivity index (χ2v) is 5.63. The second-order valence-electron chi connectivity index (χ2n) is 5.63. The zero-order chi connectivity index (χ0) is 14.9. The van der Waals surface area contributed by atoms with Crippen LogP contribution in [0, 0.1) is 5.92 Å². The molecule has 0 radical (unpaired) electrons. The molecule has 108 valence electrons. The third-order valence-electron chi connectivity index (χ3n) is 3.77. The van der Waals surface area contributed by atoms with Crippen molar-refractivity contribution in [2.75, 3.05) is 5.32 Å². The summed E-state index contributed by atoms with van der Waals surface area (Å²) in [4.78, 5) is 27.0. The third-order valence-corrected chi connectivity index (χ3v) is 3.77. The van der Waals surface area contributed by atoms with E-state index >= 15 is 0 Å². The summed E-state index contributed by atoms with van der Waals surface area (Å²) < 4.78 is 5.75. The Morgan fingerprint density at radius 2 is 2.20 bits per heavy atom. The second kappa shape index (κ2) is 5.20. The maximum atomic E-state index is 12.2. The highest BCUT2D eigenvalue weighted by Gasteiger charge is 2.41. The lowest BCUT2D eigenvalue weighted by molar-refractivity contribution is -0.130. The first kappa shape index (κ1) is 14.5. The van der Waals surface area contributed by atoms with E-state index in [2.05, 4.69) is 17.2 Å². The minimum Gasteiger partial charge on any atom is -0.364 e. The average molecular weight is 277 g/mol. The van der Waals surface area contributed by atoms with Gasteiger partial charge in [-0.25, -0.2) is 0 Å². The lowest BCUT2D eigenvalue weighted by atomic mass is 9.92. The Kier molecular flexibility index (Phi) is 3.76. The number of nitrogens with two attached hydrogens (primary N) is 1. The van der Waals surface area contributed by atoms with Crippen LogP contribution in [-0.2, 0) is 9.53 Å². The quantitative estimate of drug-likeness (QED) is 0.871. The summed E-state index contributed by atoms with van der Waals surface area (Å²) in [7, 11) is 0. The van der Waals surface area contributed by atoms with Crippen molar-refractivity contribution in [2.24, 2.45) is 11.7 Å². The molecule has 20 heavy (non-hydrogen) atoms. The number of carbonyl (C=O) groups excluding carboxylic acids is 2. The van der Waals surface area contributed by atoms with Crippen LogP contribution in [0.2, 0.25) is 0 Å². The first-order valence-corrected chi connectivity index (χ1v) is 6.54. The number of nitrogens with zero attached hydrogens (tertiary/aromatic N) is 1. The summed E-state index contributed by atoms with van der Waals surface area (Å²) in [6.07, 6.45) is 1.62. The van der Waals surface area contributed by atoms with E-state index in [0.717, 1.165) is 0 Å². The van der Waals surface area contributed by atoms with E-state index in [0.29, 0.717) is 18.0 Å². The predicted octanol–water partition coefficient (Wildman–Crippen LogP) is 1.32. The van der Waals surface area contributed by atoms with Gasteiger partial charge in [0, 0.05) is 11.9 Å². The lowest BCUT2D eigenvalue weighted by Crippen LogP contribution is -2.31. The molecule has 0 bridgehead atoms. The van der Waals surface area contributed by atoms with Crippen LogP contribution in [-0.4, -0.2) is 28.5 Å². The van der Waals surface area contributed by atoms with Crippen molar-refractivity contribution in [2.45, 2.75) is 38.9 Å². The Hall–Kier alpha value is -1.95. The molecule has 0 aromatic carbocycles. The topological polar surface area (TPSA) is 94.3 Å². The lowest BCUT2D eigenvalue weighted by Gasteiger charge is -2.22. The highest BCUT2D eigenvalue weighted by atomic mass is 16.5. The highest BCUT2D eigenvalue weighted by Crippen LogP contribution is 2.35. The highest BCUT2D eigenvalue weighted by molar-refractivity contribution is 5.96. The number of carbonyl (C=O) groups is 2. The number of amides is 2. The molecule has 0 aliphatic carbocycles. The maximum Gasteiger partial charge on any atom is 0.267 e. The summed E-state index contributed by atoms with van der Waals surface area (Å²) >= 11 is 0.